The first-order valence-corrected chi connectivity index (χ1v) is 5.69. The van der Waals surface area contributed by atoms with Crippen molar-refractivity contribution in [1.82, 2.24) is 0 Å². The number of benzene rings is 1. The first kappa shape index (κ1) is 15.9. The molecule has 0 unspecified atom stereocenters. The third kappa shape index (κ3) is 4.22. The summed E-state index contributed by atoms with van der Waals surface area (Å²) in [6.07, 6.45) is -5.31. The molecule has 20 heavy (non-hydrogen) atoms. The predicted molar refractivity (Wildman–Crippen MR) is 67.0 cm³/mol. The van der Waals surface area contributed by atoms with Crippen LogP contribution in [-0.4, -0.2) is 30.5 Å². The number of nitro benzene ring substituents is 1. The second-order valence-electron chi connectivity index (χ2n) is 4.30. The van der Waals surface area contributed by atoms with Crippen LogP contribution >= 0.6 is 0 Å². The summed E-state index contributed by atoms with van der Waals surface area (Å²) in [4.78, 5) is 22.6. The first-order valence-electron chi connectivity index (χ1n) is 5.69. The molecule has 8 heteroatoms. The van der Waals surface area contributed by atoms with Crippen LogP contribution in [0, 0.1) is 10.1 Å². The number of hydrogen-bond donors (Lipinski definition) is 0. The van der Waals surface area contributed by atoms with Gasteiger partial charge in [0.05, 0.1) is 16.9 Å². The normalized spacial score (nSPS) is 11.2. The summed E-state index contributed by atoms with van der Waals surface area (Å²) >= 11 is 0. The molecule has 0 aromatic heterocycles. The molecule has 0 amide bonds. The van der Waals surface area contributed by atoms with Crippen molar-refractivity contribution >= 4 is 17.2 Å². The Morgan fingerprint density at radius 3 is 2.45 bits per heavy atom. The summed E-state index contributed by atoms with van der Waals surface area (Å²) in [6.45, 7) is 0.870. The highest BCUT2D eigenvalue weighted by Crippen LogP contribution is 2.27. The van der Waals surface area contributed by atoms with Crippen molar-refractivity contribution in [2.45, 2.75) is 19.5 Å². The third-order valence-electron chi connectivity index (χ3n) is 2.73. The van der Waals surface area contributed by atoms with E-state index in [0.29, 0.717) is 0 Å². The molecule has 0 saturated carbocycles. The monoisotopic (exact) mass is 290 g/mol. The van der Waals surface area contributed by atoms with Gasteiger partial charge in [0, 0.05) is 25.3 Å². The van der Waals surface area contributed by atoms with E-state index in [1.54, 1.807) is 0 Å². The number of ketones is 1. The van der Waals surface area contributed by atoms with Gasteiger partial charge in [-0.05, 0) is 19.1 Å². The molecule has 0 saturated heterocycles. The van der Waals surface area contributed by atoms with Crippen LogP contribution in [0.2, 0.25) is 0 Å². The Bertz CT molecular complexity index is 529. The average molecular weight is 290 g/mol. The smallest absolute Gasteiger partial charge is 0.374 e. The summed E-state index contributed by atoms with van der Waals surface area (Å²) in [5, 5.41) is 10.9. The minimum Gasteiger partial charge on any atom is -0.374 e. The van der Waals surface area contributed by atoms with Gasteiger partial charge in [0.1, 0.15) is 0 Å². The Balaban J connectivity index is 3.00. The minimum atomic E-state index is -4.29. The Hall–Kier alpha value is -2.12. The molecule has 1 rings (SSSR count). The fourth-order valence-corrected chi connectivity index (χ4v) is 1.63. The van der Waals surface area contributed by atoms with E-state index in [2.05, 4.69) is 0 Å². The fraction of sp³-hybridized carbons (Fsp3) is 0.417. The number of anilines is 1. The Labute approximate surface area is 113 Å². The van der Waals surface area contributed by atoms with Gasteiger partial charge >= 0.3 is 6.18 Å². The second-order valence-corrected chi connectivity index (χ2v) is 4.30. The number of halogens is 3. The van der Waals surface area contributed by atoms with Gasteiger partial charge in [0.2, 0.25) is 0 Å². The van der Waals surface area contributed by atoms with Crippen LogP contribution in [-0.2, 0) is 0 Å². The van der Waals surface area contributed by atoms with Gasteiger partial charge in [0.25, 0.3) is 5.69 Å². The molecular weight excluding hydrogens is 277 g/mol. The van der Waals surface area contributed by atoms with Crippen molar-refractivity contribution in [1.29, 1.82) is 0 Å². The van der Waals surface area contributed by atoms with E-state index in [1.165, 1.54) is 31.0 Å². The molecule has 0 fully saturated rings. The molecule has 0 bridgehead atoms. The van der Waals surface area contributed by atoms with Gasteiger partial charge in [-0.25, -0.2) is 0 Å². The van der Waals surface area contributed by atoms with Crippen molar-refractivity contribution < 1.29 is 22.9 Å². The second kappa shape index (κ2) is 5.89. The number of carbonyl (C=O) groups excluding carboxylic acids is 1. The molecule has 0 heterocycles. The van der Waals surface area contributed by atoms with Gasteiger partial charge < -0.3 is 4.90 Å². The standard InChI is InChI=1S/C12H13F3N2O3/c1-8(18)10-4-3-9(7-11(10)17(19)20)16(2)6-5-12(13,14)15/h3-4,7H,5-6H2,1-2H3. The highest BCUT2D eigenvalue weighted by molar-refractivity contribution is 5.98. The highest BCUT2D eigenvalue weighted by atomic mass is 19.4. The van der Waals surface area contributed by atoms with Crippen LogP contribution < -0.4 is 4.90 Å². The van der Waals surface area contributed by atoms with Crippen LogP contribution in [0.15, 0.2) is 18.2 Å². The zero-order chi connectivity index (χ0) is 15.5. The maximum Gasteiger partial charge on any atom is 0.390 e. The third-order valence-corrected chi connectivity index (χ3v) is 2.73. The van der Waals surface area contributed by atoms with Gasteiger partial charge in [-0.15, -0.1) is 0 Å². The van der Waals surface area contributed by atoms with E-state index in [9.17, 15) is 28.1 Å². The number of alkyl halides is 3. The van der Waals surface area contributed by atoms with E-state index in [-0.39, 0.29) is 17.8 Å². The van der Waals surface area contributed by atoms with Crippen LogP contribution in [0.3, 0.4) is 0 Å². The molecular formula is C12H13F3N2O3. The summed E-state index contributed by atoms with van der Waals surface area (Å²) < 4.78 is 36.4. The molecule has 0 aliphatic heterocycles. The van der Waals surface area contributed by atoms with Crippen LogP contribution in [0.4, 0.5) is 24.5 Å². The van der Waals surface area contributed by atoms with E-state index in [4.69, 9.17) is 0 Å². The fourth-order valence-electron chi connectivity index (χ4n) is 1.63. The molecule has 110 valence electrons. The van der Waals surface area contributed by atoms with Crippen molar-refractivity contribution in [2.75, 3.05) is 18.5 Å². The van der Waals surface area contributed by atoms with Crippen LogP contribution in [0.1, 0.15) is 23.7 Å². The van der Waals surface area contributed by atoms with Crippen LogP contribution in [0.25, 0.3) is 0 Å². The summed E-state index contributed by atoms with van der Waals surface area (Å²) in [6, 6.07) is 3.74. The van der Waals surface area contributed by atoms with Crippen LogP contribution in [0.5, 0.6) is 0 Å². The number of Topliss-reactive ketones (excluding diaryl/α,β-unsaturated/α-hetero) is 1. The lowest BCUT2D eigenvalue weighted by Crippen LogP contribution is -2.24. The van der Waals surface area contributed by atoms with E-state index in [1.807, 2.05) is 0 Å². The molecule has 0 atom stereocenters. The predicted octanol–water partition coefficient (Wildman–Crippen LogP) is 3.19. The summed E-state index contributed by atoms with van der Waals surface area (Å²) in [5.74, 6) is -0.471. The molecule has 0 N–H and O–H groups in total. The lowest BCUT2D eigenvalue weighted by atomic mass is 10.1. The maximum atomic E-state index is 12.1. The average Bonchev–Trinajstić information content (AvgIpc) is 2.34. The topological polar surface area (TPSA) is 63.5 Å². The van der Waals surface area contributed by atoms with Crippen molar-refractivity contribution in [2.24, 2.45) is 0 Å². The quantitative estimate of drug-likeness (QED) is 0.474. The molecule has 1 aromatic rings. The molecule has 0 spiro atoms. The van der Waals surface area contributed by atoms with Gasteiger partial charge in [-0.3, -0.25) is 14.9 Å². The number of hydrogen-bond acceptors (Lipinski definition) is 4. The number of nitrogens with zero attached hydrogens (tertiary/aromatic N) is 2. The SMILES string of the molecule is CC(=O)c1ccc(N(C)CCC(F)(F)F)cc1[N+](=O)[O-]. The van der Waals surface area contributed by atoms with E-state index < -0.39 is 29.0 Å². The van der Waals surface area contributed by atoms with Crippen molar-refractivity contribution in [3.8, 4) is 0 Å². The summed E-state index contributed by atoms with van der Waals surface area (Å²) in [5.41, 5.74) is -0.220. The van der Waals surface area contributed by atoms with E-state index in [0.717, 1.165) is 6.07 Å². The molecule has 1 aromatic carbocycles. The zero-order valence-electron chi connectivity index (χ0n) is 10.9. The zero-order valence-corrected chi connectivity index (χ0v) is 10.9. The number of carbonyl (C=O) groups is 1. The summed E-state index contributed by atoms with van der Waals surface area (Å²) in [7, 11) is 1.40. The number of nitro groups is 1. The van der Waals surface area contributed by atoms with Crippen molar-refractivity contribution in [3.63, 3.8) is 0 Å². The molecule has 0 aliphatic carbocycles. The Morgan fingerprint density at radius 2 is 2.00 bits per heavy atom. The number of rotatable bonds is 5. The largest absolute Gasteiger partial charge is 0.390 e. The Kier molecular flexibility index (Phi) is 4.69. The van der Waals surface area contributed by atoms with Gasteiger partial charge in [-0.1, -0.05) is 0 Å². The highest BCUT2D eigenvalue weighted by Gasteiger charge is 2.27. The van der Waals surface area contributed by atoms with Gasteiger partial charge in [0.15, 0.2) is 5.78 Å². The van der Waals surface area contributed by atoms with E-state index >= 15 is 0 Å². The van der Waals surface area contributed by atoms with Gasteiger partial charge in [-0.2, -0.15) is 13.2 Å². The lowest BCUT2D eigenvalue weighted by Gasteiger charge is -2.20. The molecule has 0 aliphatic rings. The first-order chi connectivity index (χ1) is 9.11. The molecule has 5 nitrogen and oxygen atoms in total. The lowest BCUT2D eigenvalue weighted by molar-refractivity contribution is -0.385. The molecule has 0 radical (unpaired) electrons. The maximum absolute atomic E-state index is 12.1. The minimum absolute atomic E-state index is 0.0667. The van der Waals surface area contributed by atoms with Crippen molar-refractivity contribution in [3.05, 3.63) is 33.9 Å². The Morgan fingerprint density at radius 1 is 1.40 bits per heavy atom.